The van der Waals surface area contributed by atoms with Crippen LogP contribution in [0, 0.1) is 0 Å². The van der Waals surface area contributed by atoms with Crippen molar-refractivity contribution in [2.45, 2.75) is 0 Å². The van der Waals surface area contributed by atoms with E-state index in [-0.39, 0.29) is 5.78 Å². The van der Waals surface area contributed by atoms with E-state index >= 15 is 0 Å². The van der Waals surface area contributed by atoms with Crippen LogP contribution in [0.1, 0.15) is 16.1 Å². The van der Waals surface area contributed by atoms with Gasteiger partial charge in [0.25, 0.3) is 0 Å². The zero-order chi connectivity index (χ0) is 12.5. The molecule has 2 nitrogen and oxygen atoms in total. The topological polar surface area (TPSA) is 30.2 Å². The van der Waals surface area contributed by atoms with Crippen LogP contribution < -0.4 is 0 Å². The van der Waals surface area contributed by atoms with E-state index in [0.29, 0.717) is 16.0 Å². The average Bonchev–Trinajstić information content (AvgIpc) is 2.84. The van der Waals surface area contributed by atoms with Gasteiger partial charge in [-0.05, 0) is 44.9 Å². The molecule has 0 aliphatic carbocycles. The van der Waals surface area contributed by atoms with Crippen molar-refractivity contribution in [2.24, 2.45) is 0 Å². The Morgan fingerprint density at radius 2 is 1.72 bits per heavy atom. The molecular formula is C15H9BrO2. The van der Waals surface area contributed by atoms with Gasteiger partial charge < -0.3 is 4.42 Å². The Morgan fingerprint density at radius 3 is 2.44 bits per heavy atom. The van der Waals surface area contributed by atoms with E-state index in [1.165, 1.54) is 0 Å². The summed E-state index contributed by atoms with van der Waals surface area (Å²) in [6.45, 7) is 0. The molecule has 1 aromatic heterocycles. The molecular weight excluding hydrogens is 292 g/mol. The highest BCUT2D eigenvalue weighted by Gasteiger charge is 2.13. The lowest BCUT2D eigenvalue weighted by Crippen LogP contribution is -1.99. The smallest absolute Gasteiger partial charge is 0.228 e. The molecule has 0 unspecified atom stereocenters. The Labute approximate surface area is 112 Å². The third-order valence-corrected chi connectivity index (χ3v) is 3.23. The zero-order valence-corrected chi connectivity index (χ0v) is 11.0. The summed E-state index contributed by atoms with van der Waals surface area (Å²) in [5, 5.41) is 2.17. The van der Waals surface area contributed by atoms with Crippen LogP contribution in [0.4, 0.5) is 0 Å². The maximum absolute atomic E-state index is 12.2. The fourth-order valence-electron chi connectivity index (χ4n) is 1.91. The quantitative estimate of drug-likeness (QED) is 0.656. The van der Waals surface area contributed by atoms with Crippen molar-refractivity contribution in [3.63, 3.8) is 0 Å². The van der Waals surface area contributed by atoms with Crippen molar-refractivity contribution in [3.05, 3.63) is 70.6 Å². The Morgan fingerprint density at radius 1 is 0.944 bits per heavy atom. The summed E-state index contributed by atoms with van der Waals surface area (Å²) in [5.41, 5.74) is 0.635. The van der Waals surface area contributed by atoms with Gasteiger partial charge in [0.2, 0.25) is 5.78 Å². The molecule has 0 fully saturated rings. The van der Waals surface area contributed by atoms with Gasteiger partial charge in [-0.15, -0.1) is 0 Å². The second-order valence-corrected chi connectivity index (χ2v) is 4.78. The molecule has 0 N–H and O–H groups in total. The van der Waals surface area contributed by atoms with E-state index in [2.05, 4.69) is 15.9 Å². The van der Waals surface area contributed by atoms with Crippen molar-refractivity contribution in [3.8, 4) is 0 Å². The first kappa shape index (κ1) is 11.2. The molecule has 0 atom stereocenters. The number of hydrogen-bond acceptors (Lipinski definition) is 2. The molecule has 88 valence electrons. The second kappa shape index (κ2) is 4.42. The van der Waals surface area contributed by atoms with Gasteiger partial charge in [-0.3, -0.25) is 4.79 Å². The maximum atomic E-state index is 12.2. The summed E-state index contributed by atoms with van der Waals surface area (Å²) in [7, 11) is 0. The summed E-state index contributed by atoms with van der Waals surface area (Å²) >= 11 is 3.19. The van der Waals surface area contributed by atoms with Gasteiger partial charge in [0.15, 0.2) is 10.4 Å². The Kier molecular flexibility index (Phi) is 2.76. The predicted molar refractivity (Wildman–Crippen MR) is 73.8 cm³/mol. The molecule has 0 saturated heterocycles. The van der Waals surface area contributed by atoms with E-state index in [1.807, 2.05) is 42.5 Å². The lowest BCUT2D eigenvalue weighted by Gasteiger charge is -2.01. The molecule has 0 bridgehead atoms. The van der Waals surface area contributed by atoms with E-state index < -0.39 is 0 Å². The summed E-state index contributed by atoms with van der Waals surface area (Å²) in [4.78, 5) is 12.2. The molecule has 3 aromatic rings. The first-order chi connectivity index (χ1) is 8.74. The van der Waals surface area contributed by atoms with Crippen LogP contribution in [0.3, 0.4) is 0 Å². The maximum Gasteiger partial charge on any atom is 0.228 e. The highest BCUT2D eigenvalue weighted by molar-refractivity contribution is 9.10. The molecule has 2 aromatic carbocycles. The average molecular weight is 301 g/mol. The number of halogens is 1. The van der Waals surface area contributed by atoms with Crippen molar-refractivity contribution in [2.75, 3.05) is 0 Å². The number of ketones is 1. The van der Waals surface area contributed by atoms with Gasteiger partial charge in [0, 0.05) is 5.56 Å². The summed E-state index contributed by atoms with van der Waals surface area (Å²) < 4.78 is 5.84. The highest BCUT2D eigenvalue weighted by Crippen LogP contribution is 2.20. The number of hydrogen-bond donors (Lipinski definition) is 0. The van der Waals surface area contributed by atoms with Gasteiger partial charge in [-0.25, -0.2) is 0 Å². The van der Waals surface area contributed by atoms with Gasteiger partial charge in [0.05, 0.1) is 0 Å². The number of furan rings is 1. The van der Waals surface area contributed by atoms with Crippen LogP contribution in [-0.2, 0) is 0 Å². The van der Waals surface area contributed by atoms with Crippen LogP contribution in [0.15, 0.2) is 63.7 Å². The molecule has 3 rings (SSSR count). The third-order valence-electron chi connectivity index (χ3n) is 2.81. The SMILES string of the molecule is O=C(c1ccc2ccccc2c1)c1ccc(Br)o1. The lowest BCUT2D eigenvalue weighted by molar-refractivity contribution is 0.101. The van der Waals surface area contributed by atoms with Gasteiger partial charge in [-0.1, -0.05) is 36.4 Å². The fraction of sp³-hybridized carbons (Fsp3) is 0. The lowest BCUT2D eigenvalue weighted by atomic mass is 10.0. The molecule has 0 aliphatic rings. The highest BCUT2D eigenvalue weighted by atomic mass is 79.9. The third kappa shape index (κ3) is 1.97. The number of fused-ring (bicyclic) bond motifs is 1. The van der Waals surface area contributed by atoms with Crippen LogP contribution in [0.5, 0.6) is 0 Å². The van der Waals surface area contributed by atoms with Crippen molar-refractivity contribution in [1.82, 2.24) is 0 Å². The van der Waals surface area contributed by atoms with Crippen LogP contribution >= 0.6 is 15.9 Å². The van der Waals surface area contributed by atoms with E-state index in [4.69, 9.17) is 4.42 Å². The normalized spacial score (nSPS) is 10.7. The van der Waals surface area contributed by atoms with Crippen molar-refractivity contribution < 1.29 is 9.21 Å². The largest absolute Gasteiger partial charge is 0.446 e. The summed E-state index contributed by atoms with van der Waals surface area (Å²) in [6, 6.07) is 17.0. The fourth-order valence-corrected chi connectivity index (χ4v) is 2.22. The minimum atomic E-state index is -0.105. The standard InChI is InChI=1S/C15H9BrO2/c16-14-8-7-13(18-14)15(17)12-6-5-10-3-1-2-4-11(10)9-12/h1-9H. The van der Waals surface area contributed by atoms with E-state index in [1.54, 1.807) is 12.1 Å². The Hall–Kier alpha value is -1.87. The first-order valence-corrected chi connectivity index (χ1v) is 6.32. The molecule has 3 heteroatoms. The van der Waals surface area contributed by atoms with Gasteiger partial charge in [-0.2, -0.15) is 0 Å². The summed E-state index contributed by atoms with van der Waals surface area (Å²) in [6.07, 6.45) is 0. The molecule has 1 heterocycles. The van der Waals surface area contributed by atoms with Gasteiger partial charge in [0.1, 0.15) is 0 Å². The Bertz CT molecular complexity index is 728. The van der Waals surface area contributed by atoms with Gasteiger partial charge >= 0.3 is 0 Å². The molecule has 0 radical (unpaired) electrons. The molecule has 0 spiro atoms. The number of carbonyl (C=O) groups is 1. The van der Waals surface area contributed by atoms with Crippen LogP contribution in [0.2, 0.25) is 0 Å². The molecule has 18 heavy (non-hydrogen) atoms. The number of benzene rings is 2. The van der Waals surface area contributed by atoms with Crippen LogP contribution in [0.25, 0.3) is 10.8 Å². The number of rotatable bonds is 2. The van der Waals surface area contributed by atoms with E-state index in [0.717, 1.165) is 10.8 Å². The minimum absolute atomic E-state index is 0.105. The molecule has 0 amide bonds. The molecule has 0 saturated carbocycles. The monoisotopic (exact) mass is 300 g/mol. The Balaban J connectivity index is 2.06. The van der Waals surface area contributed by atoms with Crippen molar-refractivity contribution in [1.29, 1.82) is 0 Å². The van der Waals surface area contributed by atoms with Crippen molar-refractivity contribution >= 4 is 32.5 Å². The van der Waals surface area contributed by atoms with Crippen LogP contribution in [-0.4, -0.2) is 5.78 Å². The predicted octanol–water partition coefficient (Wildman–Crippen LogP) is 4.43. The minimum Gasteiger partial charge on any atom is -0.446 e. The molecule has 0 aliphatic heterocycles. The summed E-state index contributed by atoms with van der Waals surface area (Å²) in [5.74, 6) is 0.239. The van der Waals surface area contributed by atoms with E-state index in [9.17, 15) is 4.79 Å². The first-order valence-electron chi connectivity index (χ1n) is 5.53. The zero-order valence-electron chi connectivity index (χ0n) is 9.39. The number of carbonyl (C=O) groups excluding carboxylic acids is 1. The second-order valence-electron chi connectivity index (χ2n) is 3.99.